The SMILES string of the molecule is CC(C)N1C(=O)C2(N=C1N)c1cc(Br)ccc1CC21CCC(O)CC1. The van der Waals surface area contributed by atoms with Crippen molar-refractivity contribution >= 4 is 27.8 Å². The molecule has 1 aliphatic heterocycles. The Morgan fingerprint density at radius 2 is 2.04 bits per heavy atom. The van der Waals surface area contributed by atoms with Crippen molar-refractivity contribution in [3.63, 3.8) is 0 Å². The molecule has 1 aromatic carbocycles. The summed E-state index contributed by atoms with van der Waals surface area (Å²) >= 11 is 3.55. The average Bonchev–Trinajstić information content (AvgIpc) is 2.97. The summed E-state index contributed by atoms with van der Waals surface area (Å²) in [5.74, 6) is 0.312. The van der Waals surface area contributed by atoms with Crippen LogP contribution in [0, 0.1) is 5.41 Å². The van der Waals surface area contributed by atoms with E-state index in [-0.39, 0.29) is 23.5 Å². The van der Waals surface area contributed by atoms with Gasteiger partial charge in [-0.2, -0.15) is 0 Å². The molecule has 25 heavy (non-hydrogen) atoms. The van der Waals surface area contributed by atoms with Gasteiger partial charge in [-0.1, -0.05) is 22.0 Å². The first kappa shape index (κ1) is 17.0. The fraction of sp³-hybridized carbons (Fsp3) is 0.579. The Morgan fingerprint density at radius 1 is 1.36 bits per heavy atom. The summed E-state index contributed by atoms with van der Waals surface area (Å²) in [5, 5.41) is 10.0. The zero-order valence-corrected chi connectivity index (χ0v) is 16.2. The first-order valence-electron chi connectivity index (χ1n) is 8.97. The normalized spacial score (nSPS) is 34.3. The highest BCUT2D eigenvalue weighted by Gasteiger charge is 2.66. The third kappa shape index (κ3) is 2.16. The van der Waals surface area contributed by atoms with E-state index in [0.717, 1.165) is 29.3 Å². The molecule has 0 saturated heterocycles. The van der Waals surface area contributed by atoms with Crippen molar-refractivity contribution in [2.75, 3.05) is 0 Å². The van der Waals surface area contributed by atoms with Crippen LogP contribution in [0.2, 0.25) is 0 Å². The maximum Gasteiger partial charge on any atom is 0.262 e. The van der Waals surface area contributed by atoms with E-state index in [4.69, 9.17) is 10.7 Å². The molecular formula is C19H24BrN3O2. The summed E-state index contributed by atoms with van der Waals surface area (Å²) in [5.41, 5.74) is 7.15. The molecule has 2 aliphatic carbocycles. The number of fused-ring (bicyclic) bond motifs is 3. The summed E-state index contributed by atoms with van der Waals surface area (Å²) in [6.07, 6.45) is 3.53. The minimum absolute atomic E-state index is 0.00626. The third-order valence-corrected chi connectivity index (χ3v) is 6.74. The summed E-state index contributed by atoms with van der Waals surface area (Å²) in [6.45, 7) is 3.93. The molecule has 4 rings (SSSR count). The van der Waals surface area contributed by atoms with Gasteiger partial charge >= 0.3 is 0 Å². The fourth-order valence-electron chi connectivity index (χ4n) is 5.08. The molecule has 1 saturated carbocycles. The third-order valence-electron chi connectivity index (χ3n) is 6.24. The zero-order chi connectivity index (χ0) is 18.0. The second kappa shape index (κ2) is 5.55. The van der Waals surface area contributed by atoms with E-state index < -0.39 is 5.54 Å². The van der Waals surface area contributed by atoms with Crippen molar-refractivity contribution in [1.29, 1.82) is 0 Å². The van der Waals surface area contributed by atoms with Crippen molar-refractivity contribution < 1.29 is 9.90 Å². The number of rotatable bonds is 1. The van der Waals surface area contributed by atoms with E-state index in [1.165, 1.54) is 5.56 Å². The average molecular weight is 406 g/mol. The largest absolute Gasteiger partial charge is 0.393 e. The highest BCUT2D eigenvalue weighted by Crippen LogP contribution is 2.62. The van der Waals surface area contributed by atoms with Gasteiger partial charge in [0.2, 0.25) is 0 Å². The lowest BCUT2D eigenvalue weighted by molar-refractivity contribution is -0.139. The molecule has 5 nitrogen and oxygen atoms in total. The van der Waals surface area contributed by atoms with E-state index in [1.54, 1.807) is 4.90 Å². The number of aliphatic imine (C=N–C) groups is 1. The topological polar surface area (TPSA) is 78.9 Å². The van der Waals surface area contributed by atoms with Crippen molar-refractivity contribution in [3.8, 4) is 0 Å². The molecule has 1 atom stereocenters. The number of carbonyl (C=O) groups excluding carboxylic acids is 1. The van der Waals surface area contributed by atoms with Crippen LogP contribution in [0.3, 0.4) is 0 Å². The van der Waals surface area contributed by atoms with Crippen molar-refractivity contribution in [1.82, 2.24) is 4.90 Å². The molecule has 3 N–H and O–H groups in total. The molecule has 3 aliphatic rings. The van der Waals surface area contributed by atoms with Crippen LogP contribution >= 0.6 is 15.9 Å². The number of aliphatic hydroxyl groups excluding tert-OH is 1. The molecule has 0 bridgehead atoms. The number of aliphatic hydroxyl groups is 1. The highest BCUT2D eigenvalue weighted by atomic mass is 79.9. The Bertz CT molecular complexity index is 768. The Balaban J connectivity index is 1.93. The summed E-state index contributed by atoms with van der Waals surface area (Å²) in [6, 6.07) is 6.12. The van der Waals surface area contributed by atoms with Gasteiger partial charge in [0.25, 0.3) is 5.91 Å². The van der Waals surface area contributed by atoms with Gasteiger partial charge in [0.1, 0.15) is 0 Å². The standard InChI is InChI=1S/C19H24BrN3O2/c1-11(2)23-16(25)19(22-17(23)21)15-9-13(20)4-3-12(15)10-18(19)7-5-14(24)6-8-18/h3-4,9,11,14,24H,5-8,10H2,1-2H3,(H2,21,22). The molecule has 6 heteroatoms. The lowest BCUT2D eigenvalue weighted by Crippen LogP contribution is -2.53. The number of guanidine groups is 1. The van der Waals surface area contributed by atoms with Gasteiger partial charge in [-0.3, -0.25) is 9.69 Å². The fourth-order valence-corrected chi connectivity index (χ4v) is 5.44. The second-order valence-corrected chi connectivity index (χ2v) is 8.85. The van der Waals surface area contributed by atoms with Crippen molar-refractivity contribution in [3.05, 3.63) is 33.8 Å². The maximum absolute atomic E-state index is 13.7. The minimum Gasteiger partial charge on any atom is -0.393 e. The number of carbonyl (C=O) groups is 1. The monoisotopic (exact) mass is 405 g/mol. The maximum atomic E-state index is 13.7. The Morgan fingerprint density at radius 3 is 2.64 bits per heavy atom. The number of benzene rings is 1. The zero-order valence-electron chi connectivity index (χ0n) is 14.6. The molecule has 1 unspecified atom stereocenters. The van der Waals surface area contributed by atoms with Crippen LogP contribution in [-0.2, 0) is 16.8 Å². The quantitative estimate of drug-likeness (QED) is 0.753. The molecule has 0 aromatic heterocycles. The molecule has 2 spiro atoms. The predicted molar refractivity (Wildman–Crippen MR) is 100 cm³/mol. The van der Waals surface area contributed by atoms with E-state index in [9.17, 15) is 9.90 Å². The van der Waals surface area contributed by atoms with Crippen molar-refractivity contribution in [2.24, 2.45) is 16.1 Å². The van der Waals surface area contributed by atoms with Crippen LogP contribution in [-0.4, -0.2) is 34.0 Å². The van der Waals surface area contributed by atoms with Crippen LogP contribution in [0.4, 0.5) is 0 Å². The Labute approximate surface area is 156 Å². The Kier molecular flexibility index (Phi) is 3.78. The van der Waals surface area contributed by atoms with E-state index >= 15 is 0 Å². The number of hydrogen-bond donors (Lipinski definition) is 2. The number of amides is 1. The second-order valence-electron chi connectivity index (χ2n) is 7.94. The van der Waals surface area contributed by atoms with Gasteiger partial charge < -0.3 is 10.8 Å². The number of nitrogens with two attached hydrogens (primary N) is 1. The van der Waals surface area contributed by atoms with Gasteiger partial charge in [-0.25, -0.2) is 4.99 Å². The van der Waals surface area contributed by atoms with E-state index in [1.807, 2.05) is 26.0 Å². The first-order valence-corrected chi connectivity index (χ1v) is 9.76. The predicted octanol–water partition coefficient (Wildman–Crippen LogP) is 2.69. The van der Waals surface area contributed by atoms with Gasteiger partial charge in [0, 0.05) is 15.9 Å². The van der Waals surface area contributed by atoms with Crippen molar-refractivity contribution in [2.45, 2.75) is 63.6 Å². The van der Waals surface area contributed by atoms with Crippen LogP contribution in [0.1, 0.15) is 50.7 Å². The van der Waals surface area contributed by atoms with E-state index in [0.29, 0.717) is 18.8 Å². The van der Waals surface area contributed by atoms with Gasteiger partial charge in [0.05, 0.1) is 6.10 Å². The van der Waals surface area contributed by atoms with Crippen LogP contribution in [0.5, 0.6) is 0 Å². The minimum atomic E-state index is -0.944. The van der Waals surface area contributed by atoms with Crippen LogP contribution in [0.15, 0.2) is 27.7 Å². The summed E-state index contributed by atoms with van der Waals surface area (Å²) in [7, 11) is 0. The van der Waals surface area contributed by atoms with Gasteiger partial charge in [-0.05, 0) is 69.2 Å². The number of nitrogens with zero attached hydrogens (tertiary/aromatic N) is 2. The molecule has 0 radical (unpaired) electrons. The molecule has 1 aromatic rings. The van der Waals surface area contributed by atoms with Gasteiger partial charge in [0.15, 0.2) is 11.5 Å². The number of halogens is 1. The lowest BCUT2D eigenvalue weighted by atomic mass is 9.61. The molecule has 1 heterocycles. The van der Waals surface area contributed by atoms with Gasteiger partial charge in [-0.15, -0.1) is 0 Å². The summed E-state index contributed by atoms with van der Waals surface area (Å²) < 4.78 is 0.947. The highest BCUT2D eigenvalue weighted by molar-refractivity contribution is 9.10. The first-order chi connectivity index (χ1) is 11.8. The summed E-state index contributed by atoms with van der Waals surface area (Å²) in [4.78, 5) is 20.2. The lowest BCUT2D eigenvalue weighted by Gasteiger charge is -2.44. The number of hydrogen-bond acceptors (Lipinski definition) is 4. The molecular weight excluding hydrogens is 382 g/mol. The van der Waals surface area contributed by atoms with E-state index in [2.05, 4.69) is 22.0 Å². The van der Waals surface area contributed by atoms with Crippen LogP contribution in [0.25, 0.3) is 0 Å². The molecule has 134 valence electrons. The van der Waals surface area contributed by atoms with Crippen LogP contribution < -0.4 is 5.73 Å². The molecule has 1 fully saturated rings. The Hall–Kier alpha value is -1.40. The molecule has 1 amide bonds. The smallest absolute Gasteiger partial charge is 0.262 e.